The first-order valence-electron chi connectivity index (χ1n) is 6.05. The minimum absolute atomic E-state index is 0.127. The van der Waals surface area contributed by atoms with Crippen LogP contribution in [0.3, 0.4) is 0 Å². The van der Waals surface area contributed by atoms with E-state index in [4.69, 9.17) is 5.73 Å². The average Bonchev–Trinajstić information content (AvgIpc) is 2.78. The zero-order valence-electron chi connectivity index (χ0n) is 10.1. The van der Waals surface area contributed by atoms with E-state index in [0.717, 1.165) is 18.8 Å². The van der Waals surface area contributed by atoms with Gasteiger partial charge < -0.3 is 11.1 Å². The van der Waals surface area contributed by atoms with E-state index in [1.807, 2.05) is 22.9 Å². The van der Waals surface area contributed by atoms with Gasteiger partial charge in [0.25, 0.3) is 5.91 Å². The maximum absolute atomic E-state index is 11.4. The van der Waals surface area contributed by atoms with Crippen LogP contribution in [-0.2, 0) is 0 Å². The quantitative estimate of drug-likeness (QED) is 0.890. The van der Waals surface area contributed by atoms with Gasteiger partial charge in [0.05, 0.1) is 10.5 Å². The number of amides is 1. The van der Waals surface area contributed by atoms with Gasteiger partial charge in [-0.3, -0.25) is 4.79 Å². The standard InChI is InChI=1S/C13H13BrN4O/c14-10-11(12(15)19)17-18-9(6-7-16-13(10)18)8-4-2-1-3-5-8/h1-5,9,16H,6-7H2,(H2,15,19). The highest BCUT2D eigenvalue weighted by atomic mass is 79.9. The normalized spacial score (nSPS) is 17.6. The van der Waals surface area contributed by atoms with Crippen LogP contribution < -0.4 is 11.1 Å². The number of nitrogens with zero attached hydrogens (tertiary/aromatic N) is 2. The summed E-state index contributed by atoms with van der Waals surface area (Å²) in [6.07, 6.45) is 0.920. The molecule has 2 heterocycles. The van der Waals surface area contributed by atoms with Gasteiger partial charge in [0.1, 0.15) is 5.82 Å². The highest BCUT2D eigenvalue weighted by Crippen LogP contribution is 2.35. The number of hydrogen-bond acceptors (Lipinski definition) is 3. The van der Waals surface area contributed by atoms with Crippen molar-refractivity contribution in [3.63, 3.8) is 0 Å². The summed E-state index contributed by atoms with van der Waals surface area (Å²) in [5, 5.41) is 7.59. The molecule has 3 rings (SSSR count). The number of fused-ring (bicyclic) bond motifs is 1. The Hall–Kier alpha value is -1.82. The summed E-state index contributed by atoms with van der Waals surface area (Å²) in [5.41, 5.74) is 6.78. The highest BCUT2D eigenvalue weighted by Gasteiger charge is 2.28. The van der Waals surface area contributed by atoms with Gasteiger partial charge in [-0.2, -0.15) is 5.10 Å². The third kappa shape index (κ3) is 2.02. The van der Waals surface area contributed by atoms with Crippen LogP contribution in [0.2, 0.25) is 0 Å². The van der Waals surface area contributed by atoms with E-state index >= 15 is 0 Å². The van der Waals surface area contributed by atoms with Crippen molar-refractivity contribution < 1.29 is 4.79 Å². The van der Waals surface area contributed by atoms with Crippen LogP contribution in [0.4, 0.5) is 5.82 Å². The lowest BCUT2D eigenvalue weighted by atomic mass is 10.0. The van der Waals surface area contributed by atoms with Gasteiger partial charge in [-0.1, -0.05) is 30.3 Å². The number of nitrogens with one attached hydrogen (secondary N) is 1. The fourth-order valence-electron chi connectivity index (χ4n) is 2.39. The molecule has 5 nitrogen and oxygen atoms in total. The first kappa shape index (κ1) is 12.2. The third-order valence-corrected chi connectivity index (χ3v) is 4.03. The molecule has 19 heavy (non-hydrogen) atoms. The van der Waals surface area contributed by atoms with Gasteiger partial charge in [-0.25, -0.2) is 4.68 Å². The van der Waals surface area contributed by atoms with E-state index in [2.05, 4.69) is 38.5 Å². The second-order valence-corrected chi connectivity index (χ2v) is 5.25. The molecule has 2 aromatic rings. The van der Waals surface area contributed by atoms with Crippen LogP contribution >= 0.6 is 15.9 Å². The van der Waals surface area contributed by atoms with Gasteiger partial charge in [-0.05, 0) is 27.9 Å². The molecule has 1 aromatic heterocycles. The smallest absolute Gasteiger partial charge is 0.270 e. The van der Waals surface area contributed by atoms with E-state index in [1.165, 1.54) is 5.56 Å². The maximum atomic E-state index is 11.4. The fourth-order valence-corrected chi connectivity index (χ4v) is 2.99. The molecule has 3 N–H and O–H groups in total. The SMILES string of the molecule is NC(=O)c1nn2c(c1Br)NCCC2c1ccccc1. The van der Waals surface area contributed by atoms with Gasteiger partial charge in [-0.15, -0.1) is 0 Å². The van der Waals surface area contributed by atoms with Crippen molar-refractivity contribution in [3.8, 4) is 0 Å². The lowest BCUT2D eigenvalue weighted by Gasteiger charge is -2.26. The Morgan fingerprint density at radius 2 is 2.16 bits per heavy atom. The number of nitrogens with two attached hydrogens (primary N) is 1. The molecule has 1 aromatic carbocycles. The van der Waals surface area contributed by atoms with Crippen molar-refractivity contribution >= 4 is 27.7 Å². The first-order valence-corrected chi connectivity index (χ1v) is 6.84. The summed E-state index contributed by atoms with van der Waals surface area (Å²) in [6.45, 7) is 0.835. The predicted octanol–water partition coefficient (Wildman–Crippen LogP) is 2.15. The predicted molar refractivity (Wildman–Crippen MR) is 76.1 cm³/mol. The van der Waals surface area contributed by atoms with Gasteiger partial charge in [0.15, 0.2) is 5.69 Å². The van der Waals surface area contributed by atoms with E-state index in [1.54, 1.807) is 0 Å². The Morgan fingerprint density at radius 1 is 1.42 bits per heavy atom. The van der Waals surface area contributed by atoms with Gasteiger partial charge >= 0.3 is 0 Å². The van der Waals surface area contributed by atoms with E-state index in [9.17, 15) is 4.79 Å². The van der Waals surface area contributed by atoms with Crippen LogP contribution in [0.1, 0.15) is 28.5 Å². The van der Waals surface area contributed by atoms with Crippen molar-refractivity contribution in [3.05, 3.63) is 46.1 Å². The summed E-state index contributed by atoms with van der Waals surface area (Å²) < 4.78 is 2.48. The number of carbonyl (C=O) groups is 1. The van der Waals surface area contributed by atoms with Crippen LogP contribution in [0.15, 0.2) is 34.8 Å². The van der Waals surface area contributed by atoms with Crippen molar-refractivity contribution in [2.45, 2.75) is 12.5 Å². The molecule has 0 spiro atoms. The number of primary amides is 1. The number of halogens is 1. The molecule has 0 aliphatic carbocycles. The summed E-state index contributed by atoms with van der Waals surface area (Å²) in [5.74, 6) is 0.288. The molecule has 1 aliphatic rings. The van der Waals surface area contributed by atoms with Crippen LogP contribution in [0, 0.1) is 0 Å². The number of hydrogen-bond donors (Lipinski definition) is 2. The van der Waals surface area contributed by atoms with Crippen LogP contribution in [0.25, 0.3) is 0 Å². The molecule has 0 radical (unpaired) electrons. The largest absolute Gasteiger partial charge is 0.369 e. The number of rotatable bonds is 2. The van der Waals surface area contributed by atoms with E-state index < -0.39 is 5.91 Å². The third-order valence-electron chi connectivity index (χ3n) is 3.28. The first-order chi connectivity index (χ1) is 9.18. The minimum Gasteiger partial charge on any atom is -0.369 e. The number of anilines is 1. The average molecular weight is 321 g/mol. The van der Waals surface area contributed by atoms with Gasteiger partial charge in [0.2, 0.25) is 0 Å². The number of aromatic nitrogens is 2. The molecule has 0 fully saturated rings. The zero-order chi connectivity index (χ0) is 13.4. The maximum Gasteiger partial charge on any atom is 0.270 e. The van der Waals surface area contributed by atoms with Crippen molar-refractivity contribution in [2.75, 3.05) is 11.9 Å². The molecule has 0 saturated carbocycles. The van der Waals surface area contributed by atoms with Gasteiger partial charge in [0, 0.05) is 6.54 Å². The summed E-state index contributed by atoms with van der Waals surface area (Å²) in [7, 11) is 0. The molecule has 98 valence electrons. The molecular weight excluding hydrogens is 308 g/mol. The summed E-state index contributed by atoms with van der Waals surface area (Å²) in [4.78, 5) is 11.4. The topological polar surface area (TPSA) is 72.9 Å². The van der Waals surface area contributed by atoms with Crippen LogP contribution in [-0.4, -0.2) is 22.2 Å². The van der Waals surface area contributed by atoms with Crippen molar-refractivity contribution in [2.24, 2.45) is 5.73 Å². The zero-order valence-corrected chi connectivity index (χ0v) is 11.7. The molecular formula is C13H13BrN4O. The van der Waals surface area contributed by atoms with E-state index in [0.29, 0.717) is 4.47 Å². The monoisotopic (exact) mass is 320 g/mol. The molecule has 6 heteroatoms. The Bertz CT molecular complexity index is 623. The summed E-state index contributed by atoms with van der Waals surface area (Å²) in [6, 6.07) is 10.3. The molecule has 0 bridgehead atoms. The fraction of sp³-hybridized carbons (Fsp3) is 0.231. The molecule has 1 atom stereocenters. The lowest BCUT2D eigenvalue weighted by molar-refractivity contribution is 0.0994. The Labute approximate surface area is 118 Å². The molecule has 0 saturated heterocycles. The second-order valence-electron chi connectivity index (χ2n) is 4.46. The minimum atomic E-state index is -0.526. The second kappa shape index (κ2) is 4.70. The Morgan fingerprint density at radius 3 is 2.84 bits per heavy atom. The molecule has 1 amide bonds. The lowest BCUT2D eigenvalue weighted by Crippen LogP contribution is -2.24. The number of benzene rings is 1. The van der Waals surface area contributed by atoms with E-state index in [-0.39, 0.29) is 11.7 Å². The van der Waals surface area contributed by atoms with Crippen LogP contribution in [0.5, 0.6) is 0 Å². The Kier molecular flexibility index (Phi) is 3.02. The highest BCUT2D eigenvalue weighted by molar-refractivity contribution is 9.10. The number of carbonyl (C=O) groups excluding carboxylic acids is 1. The molecule has 1 aliphatic heterocycles. The van der Waals surface area contributed by atoms with Crippen molar-refractivity contribution in [1.29, 1.82) is 0 Å². The summed E-state index contributed by atoms with van der Waals surface area (Å²) >= 11 is 3.39. The van der Waals surface area contributed by atoms with Crippen molar-refractivity contribution in [1.82, 2.24) is 9.78 Å². The molecule has 1 unspecified atom stereocenters. The Balaban J connectivity index is 2.10.